The van der Waals surface area contributed by atoms with E-state index in [9.17, 15) is 4.79 Å². The molecule has 3 heterocycles. The van der Waals surface area contributed by atoms with Crippen molar-refractivity contribution in [3.63, 3.8) is 0 Å². The number of para-hydroxylation sites is 1. The van der Waals surface area contributed by atoms with Gasteiger partial charge in [-0.1, -0.05) is 23.9 Å². The van der Waals surface area contributed by atoms with Gasteiger partial charge in [0.2, 0.25) is 5.78 Å². The summed E-state index contributed by atoms with van der Waals surface area (Å²) in [4.78, 5) is 13.0. The first-order valence-corrected chi connectivity index (χ1v) is 10.5. The van der Waals surface area contributed by atoms with E-state index in [2.05, 4.69) is 10.2 Å². The largest absolute Gasteiger partial charge is 0.382 e. The van der Waals surface area contributed by atoms with Crippen LogP contribution >= 0.6 is 11.8 Å². The molecule has 1 aromatic carbocycles. The Hall–Kier alpha value is -1.90. The predicted molar refractivity (Wildman–Crippen MR) is 106 cm³/mol. The maximum absolute atomic E-state index is 13.0. The normalized spacial score (nSPS) is 17.3. The van der Waals surface area contributed by atoms with E-state index < -0.39 is 0 Å². The van der Waals surface area contributed by atoms with Crippen LogP contribution in [0.15, 0.2) is 34.2 Å². The summed E-state index contributed by atoms with van der Waals surface area (Å²) in [5, 5.41) is 10.2. The topological polar surface area (TPSA) is 70.7 Å². The van der Waals surface area contributed by atoms with Crippen LogP contribution in [0.4, 0.5) is 0 Å². The Morgan fingerprint density at radius 2 is 2.22 bits per heavy atom. The Bertz CT molecular complexity index is 978. The summed E-state index contributed by atoms with van der Waals surface area (Å²) in [6.45, 7) is 4.67. The lowest BCUT2D eigenvalue weighted by molar-refractivity contribution is 0.129. The summed E-state index contributed by atoms with van der Waals surface area (Å²) in [7, 11) is 0. The van der Waals surface area contributed by atoms with Crippen LogP contribution in [0.2, 0.25) is 0 Å². The quantitative estimate of drug-likeness (QED) is 0.437. The smallest absolute Gasteiger partial charge is 0.262 e. The lowest BCUT2D eigenvalue weighted by atomic mass is 10.2. The number of hydrogen-bond donors (Lipinski definition) is 0. The van der Waals surface area contributed by atoms with Gasteiger partial charge in [-0.2, -0.15) is 0 Å². The first-order chi connectivity index (χ1) is 13.3. The molecule has 0 N–H and O–H groups in total. The van der Waals surface area contributed by atoms with Gasteiger partial charge in [0.1, 0.15) is 0 Å². The van der Waals surface area contributed by atoms with Gasteiger partial charge in [0.15, 0.2) is 5.16 Å². The van der Waals surface area contributed by atoms with E-state index in [-0.39, 0.29) is 11.7 Å². The molecule has 4 rings (SSSR count). The minimum atomic E-state index is -0.0299. The molecule has 144 valence electrons. The first kappa shape index (κ1) is 18.5. The number of benzene rings is 1. The van der Waals surface area contributed by atoms with Crippen LogP contribution in [0.5, 0.6) is 0 Å². The fourth-order valence-corrected chi connectivity index (χ4v) is 4.45. The van der Waals surface area contributed by atoms with Crippen molar-refractivity contribution >= 4 is 28.4 Å². The Morgan fingerprint density at radius 3 is 3.04 bits per heavy atom. The molecule has 27 heavy (non-hydrogen) atoms. The summed E-state index contributed by atoms with van der Waals surface area (Å²) in [6.07, 6.45) is 3.24. The molecule has 8 heteroatoms. The number of hydrogen-bond acceptors (Lipinski definition) is 6. The second-order valence-corrected chi connectivity index (χ2v) is 7.58. The molecule has 1 saturated heterocycles. The lowest BCUT2D eigenvalue weighted by Crippen LogP contribution is -2.24. The second kappa shape index (κ2) is 8.41. The molecule has 2 aromatic heterocycles. The number of aromatic nitrogens is 4. The number of ether oxygens (including phenoxy) is 2. The Labute approximate surface area is 161 Å². The van der Waals surface area contributed by atoms with Crippen molar-refractivity contribution in [3.8, 4) is 0 Å². The third-order valence-corrected chi connectivity index (χ3v) is 5.84. The van der Waals surface area contributed by atoms with Gasteiger partial charge >= 0.3 is 0 Å². The Kier molecular flexibility index (Phi) is 5.75. The van der Waals surface area contributed by atoms with E-state index in [0.29, 0.717) is 30.9 Å². The first-order valence-electron chi connectivity index (χ1n) is 9.48. The van der Waals surface area contributed by atoms with Crippen LogP contribution in [-0.2, 0) is 16.0 Å². The molecule has 0 aliphatic carbocycles. The molecular formula is C19H24N4O3S. The Morgan fingerprint density at radius 1 is 1.33 bits per heavy atom. The molecule has 1 aliphatic rings. The maximum Gasteiger partial charge on any atom is 0.262 e. The number of thioether (sulfide) groups is 1. The number of fused-ring (bicyclic) bond motifs is 3. The predicted octanol–water partition coefficient (Wildman–Crippen LogP) is 2.74. The summed E-state index contributed by atoms with van der Waals surface area (Å²) in [6, 6.07) is 7.65. The van der Waals surface area contributed by atoms with Gasteiger partial charge in [-0.3, -0.25) is 13.8 Å². The van der Waals surface area contributed by atoms with Gasteiger partial charge in [0.05, 0.1) is 17.0 Å². The SMILES string of the molecule is CCOCCCn1c(=O)c2ccccc2n2c(SCC3CCCO3)nnc12. The molecule has 0 bridgehead atoms. The summed E-state index contributed by atoms with van der Waals surface area (Å²) >= 11 is 1.64. The molecule has 1 fully saturated rings. The van der Waals surface area contributed by atoms with Crippen LogP contribution in [0.3, 0.4) is 0 Å². The van der Waals surface area contributed by atoms with Gasteiger partial charge in [-0.25, -0.2) is 0 Å². The van der Waals surface area contributed by atoms with Crippen molar-refractivity contribution < 1.29 is 9.47 Å². The number of nitrogens with zero attached hydrogens (tertiary/aromatic N) is 4. The molecular weight excluding hydrogens is 364 g/mol. The summed E-state index contributed by atoms with van der Waals surface area (Å²) < 4.78 is 14.9. The summed E-state index contributed by atoms with van der Waals surface area (Å²) in [5.74, 6) is 1.43. The van der Waals surface area contributed by atoms with E-state index in [0.717, 1.165) is 42.3 Å². The Balaban J connectivity index is 1.73. The van der Waals surface area contributed by atoms with Crippen molar-refractivity contribution in [2.75, 3.05) is 25.6 Å². The molecule has 0 spiro atoms. The highest BCUT2D eigenvalue weighted by atomic mass is 32.2. The molecule has 1 atom stereocenters. The summed E-state index contributed by atoms with van der Waals surface area (Å²) in [5.41, 5.74) is 0.816. The fraction of sp³-hybridized carbons (Fsp3) is 0.526. The van der Waals surface area contributed by atoms with Crippen molar-refractivity contribution in [1.82, 2.24) is 19.2 Å². The van der Waals surface area contributed by atoms with Gasteiger partial charge in [-0.05, 0) is 38.3 Å². The van der Waals surface area contributed by atoms with E-state index in [1.54, 1.807) is 16.3 Å². The van der Waals surface area contributed by atoms with E-state index in [1.165, 1.54) is 0 Å². The van der Waals surface area contributed by atoms with Crippen molar-refractivity contribution in [2.45, 2.75) is 44.0 Å². The van der Waals surface area contributed by atoms with Crippen LogP contribution in [0.25, 0.3) is 16.7 Å². The zero-order valence-corrected chi connectivity index (χ0v) is 16.3. The molecule has 0 saturated carbocycles. The van der Waals surface area contributed by atoms with Crippen LogP contribution in [0.1, 0.15) is 26.2 Å². The van der Waals surface area contributed by atoms with E-state index >= 15 is 0 Å². The molecule has 0 radical (unpaired) electrons. The standard InChI is InChI=1S/C19H24N4O3S/c1-2-25-11-6-10-22-17(24)15-8-3-4-9-16(15)23-18(22)20-21-19(23)27-13-14-7-5-12-26-14/h3-4,8-9,14H,2,5-7,10-13H2,1H3. The number of aryl methyl sites for hydroxylation is 1. The fourth-order valence-electron chi connectivity index (χ4n) is 3.44. The van der Waals surface area contributed by atoms with Crippen LogP contribution in [0, 0.1) is 0 Å². The average molecular weight is 388 g/mol. The molecule has 3 aromatic rings. The second-order valence-electron chi connectivity index (χ2n) is 6.59. The van der Waals surface area contributed by atoms with Crippen LogP contribution in [-0.4, -0.2) is 50.8 Å². The molecule has 1 aliphatic heterocycles. The zero-order chi connectivity index (χ0) is 18.6. The monoisotopic (exact) mass is 388 g/mol. The van der Waals surface area contributed by atoms with Crippen molar-refractivity contribution in [3.05, 3.63) is 34.6 Å². The van der Waals surface area contributed by atoms with Crippen LogP contribution < -0.4 is 5.56 Å². The third kappa shape index (κ3) is 3.74. The minimum Gasteiger partial charge on any atom is -0.382 e. The lowest BCUT2D eigenvalue weighted by Gasteiger charge is -2.12. The molecule has 0 amide bonds. The third-order valence-electron chi connectivity index (χ3n) is 4.78. The maximum atomic E-state index is 13.0. The minimum absolute atomic E-state index is 0.0299. The highest BCUT2D eigenvalue weighted by Crippen LogP contribution is 2.25. The van der Waals surface area contributed by atoms with Gasteiger partial charge in [0.25, 0.3) is 5.56 Å². The average Bonchev–Trinajstić information content (AvgIpc) is 3.35. The van der Waals surface area contributed by atoms with Gasteiger partial charge in [-0.15, -0.1) is 10.2 Å². The number of rotatable bonds is 8. The van der Waals surface area contributed by atoms with E-state index in [4.69, 9.17) is 9.47 Å². The van der Waals surface area contributed by atoms with E-state index in [1.807, 2.05) is 35.6 Å². The van der Waals surface area contributed by atoms with Crippen molar-refractivity contribution in [1.29, 1.82) is 0 Å². The van der Waals surface area contributed by atoms with Gasteiger partial charge < -0.3 is 9.47 Å². The van der Waals surface area contributed by atoms with Crippen molar-refractivity contribution in [2.24, 2.45) is 0 Å². The zero-order valence-electron chi connectivity index (χ0n) is 15.5. The highest BCUT2D eigenvalue weighted by molar-refractivity contribution is 7.99. The molecule has 7 nitrogen and oxygen atoms in total. The highest BCUT2D eigenvalue weighted by Gasteiger charge is 2.20. The molecule has 1 unspecified atom stereocenters. The van der Waals surface area contributed by atoms with Gasteiger partial charge in [0, 0.05) is 32.1 Å².